The van der Waals surface area contributed by atoms with Gasteiger partial charge in [0, 0.05) is 25.6 Å². The number of amides is 1. The van der Waals surface area contributed by atoms with Gasteiger partial charge in [-0.1, -0.05) is 20.8 Å². The fraction of sp³-hybridized carbons (Fsp3) is 0.917. The van der Waals surface area contributed by atoms with Gasteiger partial charge in [0.25, 0.3) is 0 Å². The van der Waals surface area contributed by atoms with E-state index in [4.69, 9.17) is 10.8 Å². The minimum Gasteiger partial charge on any atom is -0.396 e. The molecule has 0 aliphatic carbocycles. The summed E-state index contributed by atoms with van der Waals surface area (Å²) in [6.45, 7) is 6.92. The summed E-state index contributed by atoms with van der Waals surface area (Å²) < 4.78 is 0. The molecule has 0 saturated carbocycles. The van der Waals surface area contributed by atoms with Crippen molar-refractivity contribution in [3.05, 3.63) is 0 Å². The van der Waals surface area contributed by atoms with Crippen molar-refractivity contribution in [1.29, 1.82) is 0 Å². The van der Waals surface area contributed by atoms with Crippen molar-refractivity contribution in [3.63, 3.8) is 0 Å². The van der Waals surface area contributed by atoms with Crippen LogP contribution in [0, 0.1) is 11.8 Å². The van der Waals surface area contributed by atoms with E-state index in [0.29, 0.717) is 24.8 Å². The predicted octanol–water partition coefficient (Wildman–Crippen LogP) is 0.885. The standard InChI is InChI=1S/C12H26N2O2/c1-9(2)11(13)7-12(16)14-6-4-5-10(3)8-15/h9-11,15H,4-8,13H2,1-3H3,(H,14,16). The first-order chi connectivity index (χ1) is 7.47. The number of aliphatic hydroxyl groups excluding tert-OH is 1. The smallest absolute Gasteiger partial charge is 0.221 e. The summed E-state index contributed by atoms with van der Waals surface area (Å²) in [6, 6.07) is -0.0589. The summed E-state index contributed by atoms with van der Waals surface area (Å²) in [6.07, 6.45) is 2.24. The second-order valence-corrected chi connectivity index (χ2v) is 4.89. The molecule has 4 nitrogen and oxygen atoms in total. The van der Waals surface area contributed by atoms with Crippen molar-refractivity contribution in [3.8, 4) is 0 Å². The van der Waals surface area contributed by atoms with E-state index in [1.807, 2.05) is 20.8 Å². The van der Waals surface area contributed by atoms with E-state index in [1.54, 1.807) is 0 Å². The predicted molar refractivity (Wildman–Crippen MR) is 65.9 cm³/mol. The van der Waals surface area contributed by atoms with Crippen LogP contribution in [0.15, 0.2) is 0 Å². The molecule has 4 heteroatoms. The van der Waals surface area contributed by atoms with E-state index in [-0.39, 0.29) is 18.6 Å². The van der Waals surface area contributed by atoms with Gasteiger partial charge < -0.3 is 16.2 Å². The third-order valence-electron chi connectivity index (χ3n) is 2.78. The Bertz CT molecular complexity index is 195. The lowest BCUT2D eigenvalue weighted by Gasteiger charge is -2.15. The normalized spacial score (nSPS) is 14.9. The SMILES string of the molecule is CC(CO)CCCNC(=O)CC(N)C(C)C. The molecule has 0 aliphatic rings. The molecule has 0 aromatic rings. The number of aliphatic hydroxyl groups is 1. The van der Waals surface area contributed by atoms with Gasteiger partial charge in [0.05, 0.1) is 0 Å². The molecule has 0 aliphatic heterocycles. The van der Waals surface area contributed by atoms with Crippen LogP contribution in [0.2, 0.25) is 0 Å². The zero-order valence-electron chi connectivity index (χ0n) is 10.7. The molecule has 2 unspecified atom stereocenters. The summed E-state index contributed by atoms with van der Waals surface area (Å²) in [5.74, 6) is 0.674. The average Bonchev–Trinajstić information content (AvgIpc) is 2.23. The van der Waals surface area contributed by atoms with Crippen molar-refractivity contribution in [2.45, 2.75) is 46.1 Å². The number of carbonyl (C=O) groups excluding carboxylic acids is 1. The van der Waals surface area contributed by atoms with Crippen molar-refractivity contribution in [1.82, 2.24) is 5.32 Å². The Labute approximate surface area is 98.6 Å². The number of hydrogen-bond acceptors (Lipinski definition) is 3. The van der Waals surface area contributed by atoms with Crippen LogP contribution in [0.3, 0.4) is 0 Å². The molecule has 0 radical (unpaired) electrons. The van der Waals surface area contributed by atoms with Gasteiger partial charge in [-0.3, -0.25) is 4.79 Å². The highest BCUT2D eigenvalue weighted by Crippen LogP contribution is 2.04. The molecule has 0 aromatic heterocycles. The molecular formula is C12H26N2O2. The first-order valence-corrected chi connectivity index (χ1v) is 6.10. The van der Waals surface area contributed by atoms with E-state index in [0.717, 1.165) is 12.8 Å². The Morgan fingerprint density at radius 2 is 2.00 bits per heavy atom. The largest absolute Gasteiger partial charge is 0.396 e. The quantitative estimate of drug-likeness (QED) is 0.542. The van der Waals surface area contributed by atoms with Crippen LogP contribution in [0.4, 0.5) is 0 Å². The Hall–Kier alpha value is -0.610. The maximum Gasteiger partial charge on any atom is 0.221 e. The maximum absolute atomic E-state index is 11.4. The first-order valence-electron chi connectivity index (χ1n) is 6.10. The van der Waals surface area contributed by atoms with Crippen LogP contribution in [0.1, 0.15) is 40.0 Å². The van der Waals surface area contributed by atoms with Gasteiger partial charge in [-0.2, -0.15) is 0 Å². The molecule has 0 bridgehead atoms. The second kappa shape index (κ2) is 8.53. The van der Waals surface area contributed by atoms with Crippen LogP contribution < -0.4 is 11.1 Å². The maximum atomic E-state index is 11.4. The highest BCUT2D eigenvalue weighted by Gasteiger charge is 2.12. The van der Waals surface area contributed by atoms with Crippen LogP contribution in [-0.2, 0) is 4.79 Å². The number of rotatable bonds is 8. The minimum atomic E-state index is -0.0589. The number of hydrogen-bond donors (Lipinski definition) is 3. The number of nitrogens with two attached hydrogens (primary N) is 1. The Morgan fingerprint density at radius 3 is 2.50 bits per heavy atom. The minimum absolute atomic E-state index is 0.0258. The topological polar surface area (TPSA) is 75.3 Å². The third-order valence-corrected chi connectivity index (χ3v) is 2.78. The van der Waals surface area contributed by atoms with Gasteiger partial charge >= 0.3 is 0 Å². The van der Waals surface area contributed by atoms with Crippen molar-refractivity contribution in [2.75, 3.05) is 13.2 Å². The van der Waals surface area contributed by atoms with E-state index in [9.17, 15) is 4.79 Å². The van der Waals surface area contributed by atoms with Gasteiger partial charge in [-0.15, -0.1) is 0 Å². The van der Waals surface area contributed by atoms with Crippen molar-refractivity contribution < 1.29 is 9.90 Å². The Balaban J connectivity index is 3.51. The lowest BCUT2D eigenvalue weighted by atomic mass is 10.0. The second-order valence-electron chi connectivity index (χ2n) is 4.89. The zero-order chi connectivity index (χ0) is 12.6. The molecule has 2 atom stereocenters. The van der Waals surface area contributed by atoms with Gasteiger partial charge in [0.2, 0.25) is 5.91 Å². The highest BCUT2D eigenvalue weighted by molar-refractivity contribution is 5.76. The molecule has 0 saturated heterocycles. The zero-order valence-corrected chi connectivity index (χ0v) is 10.7. The molecule has 1 amide bonds. The van der Waals surface area contributed by atoms with Gasteiger partial charge in [0.15, 0.2) is 0 Å². The van der Waals surface area contributed by atoms with Crippen LogP contribution in [0.5, 0.6) is 0 Å². The highest BCUT2D eigenvalue weighted by atomic mass is 16.3. The van der Waals surface area contributed by atoms with Crippen molar-refractivity contribution in [2.24, 2.45) is 17.6 Å². The van der Waals surface area contributed by atoms with Crippen LogP contribution in [0.25, 0.3) is 0 Å². The summed E-state index contributed by atoms with van der Waals surface area (Å²) in [4.78, 5) is 11.4. The lowest BCUT2D eigenvalue weighted by molar-refractivity contribution is -0.121. The van der Waals surface area contributed by atoms with Crippen LogP contribution >= 0.6 is 0 Å². The molecule has 0 aromatic carbocycles. The van der Waals surface area contributed by atoms with E-state index < -0.39 is 0 Å². The molecule has 0 spiro atoms. The third kappa shape index (κ3) is 7.65. The lowest BCUT2D eigenvalue weighted by Crippen LogP contribution is -2.35. The molecule has 0 rings (SSSR count). The number of nitrogens with one attached hydrogen (secondary N) is 1. The molecule has 96 valence electrons. The van der Waals surface area contributed by atoms with Gasteiger partial charge in [0.1, 0.15) is 0 Å². The number of carbonyl (C=O) groups is 1. The Morgan fingerprint density at radius 1 is 1.38 bits per heavy atom. The first kappa shape index (κ1) is 15.4. The summed E-state index contributed by atoms with van der Waals surface area (Å²) in [5.41, 5.74) is 5.80. The summed E-state index contributed by atoms with van der Waals surface area (Å²) in [5, 5.41) is 11.7. The molecule has 16 heavy (non-hydrogen) atoms. The fourth-order valence-corrected chi connectivity index (χ4v) is 1.29. The molecule has 0 heterocycles. The fourth-order valence-electron chi connectivity index (χ4n) is 1.29. The van der Waals surface area contributed by atoms with Gasteiger partial charge in [-0.25, -0.2) is 0 Å². The molecular weight excluding hydrogens is 204 g/mol. The monoisotopic (exact) mass is 230 g/mol. The van der Waals surface area contributed by atoms with E-state index in [1.165, 1.54) is 0 Å². The van der Waals surface area contributed by atoms with Gasteiger partial charge in [-0.05, 0) is 24.7 Å². The summed E-state index contributed by atoms with van der Waals surface area (Å²) >= 11 is 0. The van der Waals surface area contributed by atoms with E-state index >= 15 is 0 Å². The van der Waals surface area contributed by atoms with Crippen LogP contribution in [-0.4, -0.2) is 30.2 Å². The summed E-state index contributed by atoms with van der Waals surface area (Å²) in [7, 11) is 0. The van der Waals surface area contributed by atoms with Crippen molar-refractivity contribution >= 4 is 5.91 Å². The Kier molecular flexibility index (Phi) is 8.21. The molecule has 4 N–H and O–H groups in total. The molecule has 0 fully saturated rings. The average molecular weight is 230 g/mol. The van der Waals surface area contributed by atoms with E-state index in [2.05, 4.69) is 5.32 Å².